The zero-order valence-corrected chi connectivity index (χ0v) is 11.8. The van der Waals surface area contributed by atoms with Gasteiger partial charge >= 0.3 is 0 Å². The van der Waals surface area contributed by atoms with E-state index in [9.17, 15) is 4.79 Å². The van der Waals surface area contributed by atoms with Gasteiger partial charge in [-0.15, -0.1) is 0 Å². The quantitative estimate of drug-likeness (QED) is 0.795. The van der Waals surface area contributed by atoms with Crippen LogP contribution in [0.2, 0.25) is 0 Å². The molecule has 1 aromatic carbocycles. The Morgan fingerprint density at radius 3 is 2.72 bits per heavy atom. The van der Waals surface area contributed by atoms with Gasteiger partial charge in [-0.1, -0.05) is 30.8 Å². The van der Waals surface area contributed by atoms with Crippen molar-refractivity contribution in [1.82, 2.24) is 0 Å². The lowest BCUT2D eigenvalue weighted by Gasteiger charge is -1.99. The zero-order chi connectivity index (χ0) is 13.0. The van der Waals surface area contributed by atoms with Crippen molar-refractivity contribution in [3.63, 3.8) is 0 Å². The Hall–Kier alpha value is -1.20. The zero-order valence-electron chi connectivity index (χ0n) is 10.2. The number of benzene rings is 1. The highest BCUT2D eigenvalue weighted by Crippen LogP contribution is 2.30. The van der Waals surface area contributed by atoms with Crippen LogP contribution in [0, 0.1) is 0 Å². The molecule has 18 heavy (non-hydrogen) atoms. The summed E-state index contributed by atoms with van der Waals surface area (Å²) in [5, 5.41) is 0.0155. The van der Waals surface area contributed by atoms with Crippen molar-refractivity contribution in [1.29, 1.82) is 0 Å². The molecule has 1 aliphatic rings. The summed E-state index contributed by atoms with van der Waals surface area (Å²) in [5.74, 6) is 1.73. The first-order valence-corrected chi connectivity index (χ1v) is 7.32. The fourth-order valence-electron chi connectivity index (χ4n) is 1.43. The lowest BCUT2D eigenvalue weighted by Crippen LogP contribution is -1.88. The standard InChI is InChI=1S/C13H13NO2S2/c1-3-17-13-14-11(12(15)18-13)8-9-4-6-10(16-2)7-5-9/h4-8H,3H2,1-2H3/b11-8-. The summed E-state index contributed by atoms with van der Waals surface area (Å²) in [4.78, 5) is 16.0. The summed E-state index contributed by atoms with van der Waals surface area (Å²) in [6.07, 6.45) is 1.80. The Morgan fingerprint density at radius 2 is 2.11 bits per heavy atom. The molecule has 0 radical (unpaired) electrons. The van der Waals surface area contributed by atoms with E-state index in [0.29, 0.717) is 5.70 Å². The Kier molecular flexibility index (Phi) is 4.49. The van der Waals surface area contributed by atoms with Crippen LogP contribution in [0.25, 0.3) is 6.08 Å². The van der Waals surface area contributed by atoms with Crippen molar-refractivity contribution in [2.75, 3.05) is 12.9 Å². The summed E-state index contributed by atoms with van der Waals surface area (Å²) in [6, 6.07) is 7.54. The van der Waals surface area contributed by atoms with Crippen molar-refractivity contribution in [2.24, 2.45) is 4.99 Å². The van der Waals surface area contributed by atoms with E-state index in [4.69, 9.17) is 4.74 Å². The first-order chi connectivity index (χ1) is 8.72. The van der Waals surface area contributed by atoms with E-state index in [0.717, 1.165) is 21.4 Å². The van der Waals surface area contributed by atoms with Crippen LogP contribution < -0.4 is 4.74 Å². The Labute approximate surface area is 115 Å². The van der Waals surface area contributed by atoms with Crippen molar-refractivity contribution >= 4 is 39.1 Å². The van der Waals surface area contributed by atoms with Gasteiger partial charge in [-0.2, -0.15) is 0 Å². The molecule has 0 aromatic heterocycles. The van der Waals surface area contributed by atoms with E-state index in [-0.39, 0.29) is 5.12 Å². The van der Waals surface area contributed by atoms with Crippen LogP contribution in [0.5, 0.6) is 5.75 Å². The molecule has 3 nitrogen and oxygen atoms in total. The van der Waals surface area contributed by atoms with E-state index in [2.05, 4.69) is 4.99 Å². The van der Waals surface area contributed by atoms with Gasteiger partial charge in [-0.3, -0.25) is 4.79 Å². The van der Waals surface area contributed by atoms with E-state index in [1.54, 1.807) is 24.9 Å². The number of hydrogen-bond donors (Lipinski definition) is 0. The highest BCUT2D eigenvalue weighted by Gasteiger charge is 2.21. The molecule has 0 amide bonds. The Morgan fingerprint density at radius 1 is 1.39 bits per heavy atom. The largest absolute Gasteiger partial charge is 0.497 e. The fourth-order valence-corrected chi connectivity index (χ4v) is 3.17. The second kappa shape index (κ2) is 6.11. The lowest BCUT2D eigenvalue weighted by atomic mass is 10.2. The number of methoxy groups -OCH3 is 1. The molecule has 2 rings (SSSR count). The molecule has 0 N–H and O–H groups in total. The van der Waals surface area contributed by atoms with Gasteiger partial charge in [0.25, 0.3) is 0 Å². The van der Waals surface area contributed by atoms with Crippen LogP contribution in [-0.4, -0.2) is 22.4 Å². The van der Waals surface area contributed by atoms with Crippen molar-refractivity contribution in [2.45, 2.75) is 6.92 Å². The highest BCUT2D eigenvalue weighted by atomic mass is 32.2. The molecule has 0 atom stereocenters. The third-order valence-corrected chi connectivity index (χ3v) is 4.18. The SMILES string of the molecule is CCSC1=N/C(=C\c2ccc(OC)cc2)C(=O)S1. The molecular weight excluding hydrogens is 266 g/mol. The van der Waals surface area contributed by atoms with Gasteiger partial charge in [-0.25, -0.2) is 4.99 Å². The predicted molar refractivity (Wildman–Crippen MR) is 79.1 cm³/mol. The van der Waals surface area contributed by atoms with Crippen LogP contribution in [-0.2, 0) is 4.79 Å². The molecule has 0 unspecified atom stereocenters. The van der Waals surface area contributed by atoms with Crippen LogP contribution in [0.1, 0.15) is 12.5 Å². The number of carbonyl (C=O) groups excluding carboxylic acids is 1. The lowest BCUT2D eigenvalue weighted by molar-refractivity contribution is -0.107. The van der Waals surface area contributed by atoms with Crippen LogP contribution >= 0.6 is 23.5 Å². The topological polar surface area (TPSA) is 38.7 Å². The van der Waals surface area contributed by atoms with Crippen LogP contribution in [0.4, 0.5) is 0 Å². The van der Waals surface area contributed by atoms with Crippen molar-refractivity contribution in [3.05, 3.63) is 35.5 Å². The molecule has 0 spiro atoms. The molecule has 1 aromatic rings. The van der Waals surface area contributed by atoms with Crippen LogP contribution in [0.15, 0.2) is 35.0 Å². The molecular formula is C13H13NO2S2. The Bertz CT molecular complexity index is 506. The van der Waals surface area contributed by atoms with Gasteiger partial charge < -0.3 is 4.74 Å². The summed E-state index contributed by atoms with van der Waals surface area (Å²) in [7, 11) is 1.63. The summed E-state index contributed by atoms with van der Waals surface area (Å²) in [5.41, 5.74) is 1.47. The maximum absolute atomic E-state index is 11.7. The molecule has 94 valence electrons. The minimum atomic E-state index is 0.0155. The van der Waals surface area contributed by atoms with Crippen molar-refractivity contribution in [3.8, 4) is 5.75 Å². The van der Waals surface area contributed by atoms with Gasteiger partial charge in [0.1, 0.15) is 15.8 Å². The highest BCUT2D eigenvalue weighted by molar-refractivity contribution is 8.45. The maximum Gasteiger partial charge on any atom is 0.244 e. The van der Waals surface area contributed by atoms with Crippen LogP contribution in [0.3, 0.4) is 0 Å². The molecule has 0 saturated heterocycles. The van der Waals surface area contributed by atoms with Gasteiger partial charge in [0, 0.05) is 0 Å². The number of thioether (sulfide) groups is 2. The fraction of sp³-hybridized carbons (Fsp3) is 0.231. The monoisotopic (exact) mass is 279 g/mol. The predicted octanol–water partition coefficient (Wildman–Crippen LogP) is 3.42. The first-order valence-electron chi connectivity index (χ1n) is 5.52. The van der Waals surface area contributed by atoms with E-state index in [1.807, 2.05) is 31.2 Å². The minimum absolute atomic E-state index is 0.0155. The van der Waals surface area contributed by atoms with E-state index in [1.165, 1.54) is 11.8 Å². The molecule has 0 bridgehead atoms. The molecule has 0 fully saturated rings. The van der Waals surface area contributed by atoms with Gasteiger partial charge in [0.2, 0.25) is 5.12 Å². The smallest absolute Gasteiger partial charge is 0.244 e. The second-order valence-corrected chi connectivity index (χ2v) is 5.98. The average molecular weight is 279 g/mol. The number of ether oxygens (including phenoxy) is 1. The van der Waals surface area contributed by atoms with Gasteiger partial charge in [0.05, 0.1) is 7.11 Å². The first kappa shape index (κ1) is 13.2. The number of carbonyl (C=O) groups is 1. The summed E-state index contributed by atoms with van der Waals surface area (Å²) < 4.78 is 5.92. The third-order valence-electron chi connectivity index (χ3n) is 2.29. The van der Waals surface area contributed by atoms with Gasteiger partial charge in [0.15, 0.2) is 0 Å². The average Bonchev–Trinajstić information content (AvgIpc) is 2.71. The second-order valence-electron chi connectivity index (χ2n) is 3.50. The van der Waals surface area contributed by atoms with Crippen molar-refractivity contribution < 1.29 is 9.53 Å². The Balaban J connectivity index is 2.19. The molecule has 0 saturated carbocycles. The summed E-state index contributed by atoms with van der Waals surface area (Å²) in [6.45, 7) is 2.05. The molecule has 5 heteroatoms. The summed E-state index contributed by atoms with van der Waals surface area (Å²) >= 11 is 2.80. The van der Waals surface area contributed by atoms with E-state index < -0.39 is 0 Å². The van der Waals surface area contributed by atoms with Gasteiger partial charge in [-0.05, 0) is 41.3 Å². The molecule has 0 aliphatic carbocycles. The number of nitrogens with zero attached hydrogens (tertiary/aromatic N) is 1. The minimum Gasteiger partial charge on any atom is -0.497 e. The number of aliphatic imine (C=N–C) groups is 1. The number of rotatable bonds is 3. The number of hydrogen-bond acceptors (Lipinski definition) is 5. The third kappa shape index (κ3) is 3.17. The normalized spacial score (nSPS) is 17.1. The molecule has 1 aliphatic heterocycles. The molecule has 1 heterocycles. The maximum atomic E-state index is 11.7. The van der Waals surface area contributed by atoms with E-state index >= 15 is 0 Å².